The Morgan fingerprint density at radius 1 is 0.587 bits per heavy atom. The van der Waals surface area contributed by atoms with Crippen molar-refractivity contribution < 1.29 is 46.1 Å². The number of anilines is 2. The van der Waals surface area contributed by atoms with Crippen LogP contribution in [0.25, 0.3) is 0 Å². The maximum Gasteiger partial charge on any atom is 0.416 e. The maximum atomic E-state index is 13.1. The monoisotopic (exact) mass is 650 g/mol. The summed E-state index contributed by atoms with van der Waals surface area (Å²) >= 11 is 0. The van der Waals surface area contributed by atoms with Gasteiger partial charge < -0.3 is 30.6 Å². The van der Waals surface area contributed by atoms with E-state index in [0.717, 1.165) is 24.3 Å². The number of carbonyl (C=O) groups is 2. The van der Waals surface area contributed by atoms with E-state index < -0.39 is 46.7 Å². The highest BCUT2D eigenvalue weighted by Gasteiger charge is 2.39. The van der Waals surface area contributed by atoms with Gasteiger partial charge in [0.25, 0.3) is 0 Å². The van der Waals surface area contributed by atoms with Crippen molar-refractivity contribution in [3.63, 3.8) is 0 Å². The molecule has 0 aromatic heterocycles. The van der Waals surface area contributed by atoms with Crippen LogP contribution in [0, 0.1) is 0 Å². The Balaban J connectivity index is 1.10. The number of hydrogen-bond donors (Lipinski definition) is 4. The predicted molar refractivity (Wildman–Crippen MR) is 157 cm³/mol. The van der Waals surface area contributed by atoms with Gasteiger partial charge in [-0.15, -0.1) is 0 Å². The summed E-state index contributed by atoms with van der Waals surface area (Å²) < 4.78 is 78.7. The van der Waals surface area contributed by atoms with Crippen LogP contribution in [-0.4, -0.2) is 58.3 Å². The Kier molecular flexibility index (Phi) is 8.97. The molecule has 0 aliphatic carbocycles. The molecule has 2 aliphatic heterocycles. The lowest BCUT2D eigenvalue weighted by Gasteiger charge is -2.38. The number of alkyl halides is 6. The number of aliphatic hydroxyl groups is 2. The predicted octanol–water partition coefficient (Wildman–Crippen LogP) is 6.76. The lowest BCUT2D eigenvalue weighted by Crippen LogP contribution is -2.46. The Hall–Kier alpha value is -4.30. The van der Waals surface area contributed by atoms with Gasteiger partial charge in [0.1, 0.15) is 0 Å². The lowest BCUT2D eigenvalue weighted by molar-refractivity contribution is -0.138. The molecule has 14 heteroatoms. The molecule has 4 amide bonds. The summed E-state index contributed by atoms with van der Waals surface area (Å²) in [4.78, 5) is 28.6. The molecule has 5 rings (SSSR count). The van der Waals surface area contributed by atoms with Gasteiger partial charge in [0.15, 0.2) is 0 Å². The van der Waals surface area contributed by atoms with E-state index in [2.05, 4.69) is 10.6 Å². The third kappa shape index (κ3) is 7.39. The number of amides is 4. The molecule has 2 fully saturated rings. The van der Waals surface area contributed by atoms with Crippen LogP contribution >= 0.6 is 0 Å². The zero-order valence-corrected chi connectivity index (χ0v) is 24.5. The van der Waals surface area contributed by atoms with Crippen LogP contribution < -0.4 is 10.6 Å². The second kappa shape index (κ2) is 12.5. The van der Waals surface area contributed by atoms with Crippen LogP contribution in [0.15, 0.2) is 72.8 Å². The van der Waals surface area contributed by atoms with Crippen LogP contribution in [0.5, 0.6) is 0 Å². The van der Waals surface area contributed by atoms with Crippen LogP contribution in [0.3, 0.4) is 0 Å². The van der Waals surface area contributed by atoms with E-state index in [-0.39, 0.29) is 63.0 Å². The molecule has 0 radical (unpaired) electrons. The van der Waals surface area contributed by atoms with Crippen molar-refractivity contribution in [2.75, 3.05) is 36.8 Å². The number of halogens is 6. The van der Waals surface area contributed by atoms with Gasteiger partial charge in [-0.3, -0.25) is 0 Å². The molecule has 3 aromatic carbocycles. The molecule has 0 bridgehead atoms. The summed E-state index contributed by atoms with van der Waals surface area (Å²) in [6.07, 6.45) is -8.85. The van der Waals surface area contributed by atoms with Gasteiger partial charge in [0, 0.05) is 37.6 Å². The second-order valence-electron chi connectivity index (χ2n) is 11.6. The Morgan fingerprint density at radius 3 is 1.22 bits per heavy atom. The molecule has 46 heavy (non-hydrogen) atoms. The highest BCUT2D eigenvalue weighted by atomic mass is 19.4. The minimum atomic E-state index is -4.54. The van der Waals surface area contributed by atoms with Crippen LogP contribution in [0.1, 0.15) is 47.9 Å². The van der Waals surface area contributed by atoms with Crippen molar-refractivity contribution in [2.24, 2.45) is 0 Å². The number of likely N-dealkylation sites (tertiary alicyclic amines) is 2. The van der Waals surface area contributed by atoms with Crippen LogP contribution in [-0.2, 0) is 23.6 Å². The van der Waals surface area contributed by atoms with Crippen LogP contribution in [0.4, 0.5) is 47.3 Å². The quantitative estimate of drug-likeness (QED) is 0.235. The largest absolute Gasteiger partial charge is 0.416 e. The first-order valence-corrected chi connectivity index (χ1v) is 14.6. The molecule has 0 unspecified atom stereocenters. The first-order chi connectivity index (χ1) is 21.6. The van der Waals surface area contributed by atoms with Gasteiger partial charge in [-0.2, -0.15) is 26.3 Å². The van der Waals surface area contributed by atoms with Gasteiger partial charge in [-0.1, -0.05) is 24.3 Å². The van der Waals surface area contributed by atoms with Gasteiger partial charge in [-0.25, -0.2) is 9.59 Å². The molecular weight excluding hydrogens is 618 g/mol. The number of urea groups is 2. The standard InChI is InChI=1S/C32H32F6N4O4/c33-31(34,35)23-5-1-3-21(19-23)29(45)11-15-41(16-12-29)27(43)39-25-7-9-26(10-8-25)40-28(44)42-17-13-30(46,14-18-42)22-4-2-6-24(20-22)32(36,37)38/h1-10,19-20,45-46H,11-18H2,(H,39,43)(H,40,44). The van der Waals surface area contributed by atoms with Crippen molar-refractivity contribution in [1.29, 1.82) is 0 Å². The zero-order chi connectivity index (χ0) is 33.3. The molecular formula is C32H32F6N4O4. The second-order valence-corrected chi connectivity index (χ2v) is 11.6. The van der Waals surface area contributed by atoms with Crippen molar-refractivity contribution in [3.05, 3.63) is 95.1 Å². The van der Waals surface area contributed by atoms with Crippen molar-refractivity contribution in [3.8, 4) is 0 Å². The molecule has 4 N–H and O–H groups in total. The fraction of sp³-hybridized carbons (Fsp3) is 0.375. The molecule has 2 saturated heterocycles. The summed E-state index contributed by atoms with van der Waals surface area (Å²) in [5.41, 5.74) is -3.55. The van der Waals surface area contributed by atoms with E-state index >= 15 is 0 Å². The molecule has 3 aromatic rings. The number of carbonyl (C=O) groups excluding carboxylic acids is 2. The van der Waals surface area contributed by atoms with Crippen molar-refractivity contribution in [1.82, 2.24) is 9.80 Å². The smallest absolute Gasteiger partial charge is 0.385 e. The first kappa shape index (κ1) is 33.1. The van der Waals surface area contributed by atoms with E-state index in [1.54, 1.807) is 24.3 Å². The number of piperidine rings is 2. The van der Waals surface area contributed by atoms with Crippen LogP contribution in [0.2, 0.25) is 0 Å². The zero-order valence-electron chi connectivity index (χ0n) is 24.5. The Labute approximate surface area is 260 Å². The Morgan fingerprint density at radius 2 is 0.913 bits per heavy atom. The van der Waals surface area contributed by atoms with E-state index in [1.165, 1.54) is 34.1 Å². The third-order valence-corrected chi connectivity index (χ3v) is 8.60. The number of nitrogens with zero attached hydrogens (tertiary/aromatic N) is 2. The lowest BCUT2D eigenvalue weighted by atomic mass is 9.84. The molecule has 8 nitrogen and oxygen atoms in total. The third-order valence-electron chi connectivity index (χ3n) is 8.60. The number of hydrogen-bond acceptors (Lipinski definition) is 4. The minimum Gasteiger partial charge on any atom is -0.385 e. The number of benzene rings is 3. The van der Waals surface area contributed by atoms with Crippen molar-refractivity contribution in [2.45, 2.75) is 49.2 Å². The maximum absolute atomic E-state index is 13.1. The topological polar surface area (TPSA) is 105 Å². The van der Waals surface area contributed by atoms with E-state index in [1.807, 2.05) is 0 Å². The molecule has 246 valence electrons. The fourth-order valence-electron chi connectivity index (χ4n) is 5.75. The summed E-state index contributed by atoms with van der Waals surface area (Å²) in [5, 5.41) is 27.5. The van der Waals surface area contributed by atoms with Crippen molar-refractivity contribution >= 4 is 23.4 Å². The fourth-order valence-corrected chi connectivity index (χ4v) is 5.75. The molecule has 2 heterocycles. The van der Waals surface area contributed by atoms with E-state index in [0.29, 0.717) is 11.4 Å². The average Bonchev–Trinajstić information content (AvgIpc) is 3.02. The summed E-state index contributed by atoms with van der Waals surface area (Å²) in [6, 6.07) is 14.5. The summed E-state index contributed by atoms with van der Waals surface area (Å²) in [7, 11) is 0. The molecule has 0 saturated carbocycles. The summed E-state index contributed by atoms with van der Waals surface area (Å²) in [6.45, 7) is 0.466. The number of nitrogens with one attached hydrogen (secondary N) is 2. The highest BCUT2D eigenvalue weighted by molar-refractivity contribution is 5.91. The summed E-state index contributed by atoms with van der Waals surface area (Å²) in [5.74, 6) is 0. The van der Waals surface area contributed by atoms with Gasteiger partial charge in [0.05, 0.1) is 22.3 Å². The van der Waals surface area contributed by atoms with Gasteiger partial charge in [0.2, 0.25) is 0 Å². The SMILES string of the molecule is O=C(Nc1ccc(NC(=O)N2CCC(O)(c3cccc(C(F)(F)F)c3)CC2)cc1)N1CCC(O)(c2cccc(C(F)(F)F)c2)CC1. The average molecular weight is 651 g/mol. The molecule has 2 aliphatic rings. The molecule has 0 spiro atoms. The number of rotatable bonds is 4. The highest BCUT2D eigenvalue weighted by Crippen LogP contribution is 2.38. The first-order valence-electron chi connectivity index (χ1n) is 14.6. The van der Waals surface area contributed by atoms with Gasteiger partial charge in [-0.05, 0) is 85.3 Å². The molecule has 0 atom stereocenters. The van der Waals surface area contributed by atoms with E-state index in [9.17, 15) is 46.1 Å². The van der Waals surface area contributed by atoms with Gasteiger partial charge >= 0.3 is 24.4 Å². The Bertz CT molecular complexity index is 1450. The minimum absolute atomic E-state index is 0.0561. The van der Waals surface area contributed by atoms with E-state index in [4.69, 9.17) is 0 Å². The normalized spacial score (nSPS) is 18.2.